The first kappa shape index (κ1) is 26.7. The molecule has 1 amide bonds. The van der Waals surface area contributed by atoms with Crippen molar-refractivity contribution in [3.8, 4) is 11.8 Å². The first-order chi connectivity index (χ1) is 17.2. The van der Waals surface area contributed by atoms with Crippen LogP contribution in [0.4, 0.5) is 5.69 Å². The monoisotopic (exact) mass is 564 g/mol. The molecule has 3 aromatic carbocycles. The topological polar surface area (TPSA) is 99.4 Å². The van der Waals surface area contributed by atoms with Crippen molar-refractivity contribution >= 4 is 51.2 Å². The number of halogens is 2. The largest absolute Gasteiger partial charge is 0.487 e. The maximum absolute atomic E-state index is 12.8. The van der Waals surface area contributed by atoms with Gasteiger partial charge in [-0.15, -0.1) is 6.58 Å². The van der Waals surface area contributed by atoms with E-state index in [9.17, 15) is 14.9 Å². The van der Waals surface area contributed by atoms with E-state index in [2.05, 4.69) is 27.8 Å². The molecule has 3 rings (SSSR count). The van der Waals surface area contributed by atoms with Crippen molar-refractivity contribution in [1.29, 1.82) is 5.26 Å². The van der Waals surface area contributed by atoms with Crippen molar-refractivity contribution in [3.63, 3.8) is 0 Å². The van der Waals surface area contributed by atoms with Crippen molar-refractivity contribution in [2.24, 2.45) is 0 Å². The van der Waals surface area contributed by atoms with E-state index in [4.69, 9.17) is 21.4 Å². The van der Waals surface area contributed by atoms with Crippen molar-refractivity contribution in [1.82, 2.24) is 0 Å². The number of hydrogen-bond acceptors (Lipinski definition) is 4. The lowest BCUT2D eigenvalue weighted by atomic mass is 10.0. The third-order valence-corrected chi connectivity index (χ3v) is 6.28. The highest BCUT2D eigenvalue weighted by atomic mass is 79.9. The van der Waals surface area contributed by atoms with Crippen LogP contribution in [0.25, 0.3) is 6.08 Å². The Morgan fingerprint density at radius 2 is 1.94 bits per heavy atom. The summed E-state index contributed by atoms with van der Waals surface area (Å²) in [5.41, 5.74) is 3.61. The van der Waals surface area contributed by atoms with Crippen LogP contribution in [0.5, 0.6) is 5.75 Å². The molecular formula is C28H22BrClN2O4. The molecule has 0 aliphatic rings. The molecule has 36 heavy (non-hydrogen) atoms. The lowest BCUT2D eigenvalue weighted by molar-refractivity contribution is -0.112. The molecule has 3 aromatic rings. The summed E-state index contributed by atoms with van der Waals surface area (Å²) in [5, 5.41) is 21.9. The quantitative estimate of drug-likeness (QED) is 0.166. The fourth-order valence-electron chi connectivity index (χ4n) is 3.37. The van der Waals surface area contributed by atoms with Crippen LogP contribution < -0.4 is 10.1 Å². The minimum Gasteiger partial charge on any atom is -0.487 e. The summed E-state index contributed by atoms with van der Waals surface area (Å²) in [6.45, 7) is 5.81. The smallest absolute Gasteiger partial charge is 0.335 e. The maximum Gasteiger partial charge on any atom is 0.335 e. The van der Waals surface area contributed by atoms with Gasteiger partial charge >= 0.3 is 5.97 Å². The minimum atomic E-state index is -0.991. The van der Waals surface area contributed by atoms with Gasteiger partial charge in [-0.1, -0.05) is 35.9 Å². The van der Waals surface area contributed by atoms with Crippen LogP contribution in [-0.4, -0.2) is 17.0 Å². The summed E-state index contributed by atoms with van der Waals surface area (Å²) >= 11 is 9.65. The second kappa shape index (κ2) is 12.2. The number of hydrogen-bond donors (Lipinski definition) is 2. The van der Waals surface area contributed by atoms with Gasteiger partial charge in [-0.25, -0.2) is 4.79 Å². The minimum absolute atomic E-state index is 0.0713. The van der Waals surface area contributed by atoms with E-state index in [1.165, 1.54) is 18.2 Å². The van der Waals surface area contributed by atoms with E-state index in [1.807, 2.05) is 12.1 Å². The summed E-state index contributed by atoms with van der Waals surface area (Å²) in [4.78, 5) is 23.8. The fraction of sp³-hybridized carbons (Fsp3) is 0.107. The number of carbonyl (C=O) groups excluding carboxylic acids is 1. The molecule has 0 heterocycles. The summed E-state index contributed by atoms with van der Waals surface area (Å²) in [6.07, 6.45) is 3.72. The number of carbonyl (C=O) groups is 2. The number of rotatable bonds is 9. The van der Waals surface area contributed by atoms with Gasteiger partial charge in [-0.3, -0.25) is 4.79 Å². The number of aromatic carboxylic acids is 1. The van der Waals surface area contributed by atoms with Crippen LogP contribution in [0.15, 0.2) is 77.3 Å². The second-order valence-electron chi connectivity index (χ2n) is 7.81. The van der Waals surface area contributed by atoms with Gasteiger partial charge in [-0.2, -0.15) is 5.26 Å². The number of anilines is 1. The van der Waals surface area contributed by atoms with E-state index >= 15 is 0 Å². The number of amides is 1. The van der Waals surface area contributed by atoms with Gasteiger partial charge in [0.15, 0.2) is 0 Å². The van der Waals surface area contributed by atoms with Gasteiger partial charge < -0.3 is 15.2 Å². The number of carboxylic acids is 1. The molecule has 0 saturated carbocycles. The Morgan fingerprint density at radius 1 is 1.22 bits per heavy atom. The molecule has 0 unspecified atom stereocenters. The van der Waals surface area contributed by atoms with Crippen LogP contribution in [0, 0.1) is 18.3 Å². The normalized spacial score (nSPS) is 10.9. The number of carboxylic acid groups (broad SMARTS) is 1. The van der Waals surface area contributed by atoms with E-state index < -0.39 is 11.9 Å². The number of ether oxygens (including phenoxy) is 1. The Hall–Kier alpha value is -3.86. The molecule has 0 saturated heterocycles. The van der Waals surface area contributed by atoms with Crippen molar-refractivity contribution in [2.75, 3.05) is 5.32 Å². The fourth-order valence-corrected chi connectivity index (χ4v) is 4.18. The lowest BCUT2D eigenvalue weighted by Crippen LogP contribution is -2.14. The van der Waals surface area contributed by atoms with Crippen LogP contribution in [0.2, 0.25) is 5.02 Å². The van der Waals surface area contributed by atoms with Crippen LogP contribution in [-0.2, 0) is 17.8 Å². The predicted molar refractivity (Wildman–Crippen MR) is 144 cm³/mol. The molecule has 6 nitrogen and oxygen atoms in total. The zero-order chi connectivity index (χ0) is 26.2. The molecule has 8 heteroatoms. The van der Waals surface area contributed by atoms with E-state index in [0.717, 1.165) is 11.1 Å². The third-order valence-electron chi connectivity index (χ3n) is 5.28. The Morgan fingerprint density at radius 3 is 2.58 bits per heavy atom. The van der Waals surface area contributed by atoms with Crippen molar-refractivity contribution in [3.05, 3.63) is 110 Å². The van der Waals surface area contributed by atoms with Crippen LogP contribution in [0.1, 0.15) is 32.6 Å². The highest BCUT2D eigenvalue weighted by molar-refractivity contribution is 9.10. The molecule has 0 aliphatic heterocycles. The molecular weight excluding hydrogens is 544 g/mol. The molecule has 2 N–H and O–H groups in total. The second-order valence-corrected chi connectivity index (χ2v) is 9.07. The zero-order valence-electron chi connectivity index (χ0n) is 19.3. The average molecular weight is 566 g/mol. The molecule has 182 valence electrons. The van der Waals surface area contributed by atoms with Gasteiger partial charge in [0.25, 0.3) is 5.91 Å². The van der Waals surface area contributed by atoms with E-state index in [1.54, 1.807) is 49.4 Å². The predicted octanol–water partition coefficient (Wildman–Crippen LogP) is 6.96. The van der Waals surface area contributed by atoms with Gasteiger partial charge in [0, 0.05) is 10.7 Å². The maximum atomic E-state index is 12.8. The van der Waals surface area contributed by atoms with Crippen LogP contribution in [0.3, 0.4) is 0 Å². The number of benzene rings is 3. The van der Waals surface area contributed by atoms with Crippen molar-refractivity contribution < 1.29 is 19.4 Å². The molecule has 0 spiro atoms. The SMILES string of the molecule is C=CCc1cc(/C=C(/C#N)C(=O)Nc2cccc(Cl)c2C)cc(Br)c1OCc1ccc(C(=O)O)cc1. The Bertz CT molecular complexity index is 1390. The van der Waals surface area contributed by atoms with Gasteiger partial charge in [0.05, 0.1) is 10.0 Å². The van der Waals surface area contributed by atoms with Gasteiger partial charge in [0.1, 0.15) is 24.0 Å². The molecule has 0 bridgehead atoms. The van der Waals surface area contributed by atoms with Crippen LogP contribution >= 0.6 is 27.5 Å². The highest BCUT2D eigenvalue weighted by Gasteiger charge is 2.15. The Balaban J connectivity index is 1.85. The van der Waals surface area contributed by atoms with Gasteiger partial charge in [0.2, 0.25) is 0 Å². The standard InChI is InChI=1S/C28H22BrClN2O4/c1-3-5-21-12-19(13-22(15-31)27(33)32-25-7-4-6-24(30)17(25)2)14-23(29)26(21)36-16-18-8-10-20(11-9-18)28(34)35/h3-4,6-14H,1,5,16H2,2H3,(H,32,33)(H,34,35)/b22-13-. The summed E-state index contributed by atoms with van der Waals surface area (Å²) in [6, 6.07) is 17.1. The number of allylic oxidation sites excluding steroid dienone is 1. The number of nitriles is 1. The lowest BCUT2D eigenvalue weighted by Gasteiger charge is -2.14. The van der Waals surface area contributed by atoms with E-state index in [0.29, 0.717) is 38.5 Å². The number of nitrogens with zero attached hydrogens (tertiary/aromatic N) is 1. The molecule has 0 aliphatic carbocycles. The summed E-state index contributed by atoms with van der Waals surface area (Å²) < 4.78 is 6.66. The first-order valence-corrected chi connectivity index (χ1v) is 12.0. The summed E-state index contributed by atoms with van der Waals surface area (Å²) in [7, 11) is 0. The highest BCUT2D eigenvalue weighted by Crippen LogP contribution is 2.33. The van der Waals surface area contributed by atoms with Crippen molar-refractivity contribution in [2.45, 2.75) is 20.0 Å². The molecule has 0 radical (unpaired) electrons. The molecule has 0 fully saturated rings. The van der Waals surface area contributed by atoms with E-state index in [-0.39, 0.29) is 17.7 Å². The van der Waals surface area contributed by atoms with Gasteiger partial charge in [-0.05, 0) is 94.0 Å². The Kier molecular flexibility index (Phi) is 9.07. The zero-order valence-corrected chi connectivity index (χ0v) is 21.7. The first-order valence-electron chi connectivity index (χ1n) is 10.8. The Labute approximate surface area is 222 Å². The average Bonchev–Trinajstić information content (AvgIpc) is 2.85. The third kappa shape index (κ3) is 6.63. The molecule has 0 aromatic heterocycles. The summed E-state index contributed by atoms with van der Waals surface area (Å²) in [5.74, 6) is -0.948. The molecule has 0 atom stereocenters. The number of nitrogens with one attached hydrogen (secondary N) is 1.